The predicted molar refractivity (Wildman–Crippen MR) is 255 cm³/mol. The molecule has 3 fully saturated rings. The van der Waals surface area contributed by atoms with E-state index in [1.807, 2.05) is 18.2 Å². The number of halogens is 1. The quantitative estimate of drug-likeness (QED) is 0.0477. The Hall–Kier alpha value is -5.45. The molecular weight excluding hydrogens is 848 g/mol. The third-order valence-corrected chi connectivity index (χ3v) is 14.6. The van der Waals surface area contributed by atoms with Gasteiger partial charge in [0.2, 0.25) is 17.8 Å². The highest BCUT2D eigenvalue weighted by Gasteiger charge is 2.30. The molecule has 0 aliphatic carbocycles. The van der Waals surface area contributed by atoms with Gasteiger partial charge in [-0.3, -0.25) is 19.7 Å². The molecule has 3 aromatic heterocycles. The number of imide groups is 1. The molecule has 2 aromatic carbocycles. The van der Waals surface area contributed by atoms with Crippen molar-refractivity contribution >= 4 is 64.0 Å². The van der Waals surface area contributed by atoms with Crippen LogP contribution in [-0.4, -0.2) is 87.1 Å². The molecule has 3 saturated heterocycles. The highest BCUT2D eigenvalue weighted by atomic mass is 32.2. The highest BCUT2D eigenvalue weighted by molar-refractivity contribution is 8.00. The summed E-state index contributed by atoms with van der Waals surface area (Å²) in [6.07, 6.45) is 9.40. The van der Waals surface area contributed by atoms with Crippen molar-refractivity contribution in [2.75, 3.05) is 53.4 Å². The van der Waals surface area contributed by atoms with E-state index in [-0.39, 0.29) is 35.7 Å². The van der Waals surface area contributed by atoms with Crippen LogP contribution in [0.25, 0.3) is 21.8 Å². The van der Waals surface area contributed by atoms with Crippen LogP contribution < -0.4 is 25.6 Å². The van der Waals surface area contributed by atoms with Crippen LogP contribution in [-0.2, 0) is 15.0 Å². The Morgan fingerprint density at radius 2 is 1.72 bits per heavy atom. The first-order valence-corrected chi connectivity index (χ1v) is 24.2. The summed E-state index contributed by atoms with van der Waals surface area (Å²) in [6.45, 7) is 13.6. The summed E-state index contributed by atoms with van der Waals surface area (Å²) >= 11 is 3.04. The molecule has 4 N–H and O–H groups in total. The van der Waals surface area contributed by atoms with Crippen molar-refractivity contribution in [3.05, 3.63) is 95.1 Å². The van der Waals surface area contributed by atoms with Gasteiger partial charge in [-0.15, -0.1) is 11.3 Å². The van der Waals surface area contributed by atoms with Gasteiger partial charge in [0, 0.05) is 54.7 Å². The molecule has 3 amide bonds. The lowest BCUT2D eigenvalue weighted by Crippen LogP contribution is -2.52. The average molecular weight is 905 g/mol. The summed E-state index contributed by atoms with van der Waals surface area (Å²) in [6, 6.07) is 18.8. The number of hydrogen-bond donors (Lipinski definition) is 4. The first kappa shape index (κ1) is 45.1. The summed E-state index contributed by atoms with van der Waals surface area (Å²) in [7, 11) is 0. The van der Waals surface area contributed by atoms with E-state index in [2.05, 4.69) is 92.4 Å². The molecule has 6 heterocycles. The second kappa shape index (κ2) is 20.2. The van der Waals surface area contributed by atoms with Crippen molar-refractivity contribution < 1.29 is 18.8 Å². The number of thiazole rings is 1. The zero-order chi connectivity index (χ0) is 44.8. The number of carbonyl (C=O) groups excluding carboxylic acids is 3. The van der Waals surface area contributed by atoms with Crippen LogP contribution in [0.15, 0.2) is 73.1 Å². The minimum atomic E-state index is -0.727. The standard InChI is InChI=1S/C48H57FN10O3S2/c1-5-27-63-57-36-8-6-7-35(41(36)49)42-43(64-46(56-42)48(2,3)4)37-17-22-50-47(54-37)52-33-11-9-31(10-12-33)32-20-23-58(24-21-32)29-30-18-25-59(26-19-30)34-13-14-38(51-28-34)44(61)53-39-15-16-40(60)55-45(39)62/h6-14,17,22,28,30,32,39,57H,5,15-16,18-21,23-27,29H2,1-4H3,(H,53,61)(H,50,52,54)(H,55,60,62). The third kappa shape index (κ3) is 10.9. The summed E-state index contributed by atoms with van der Waals surface area (Å²) in [4.78, 5) is 60.8. The lowest BCUT2D eigenvalue weighted by Gasteiger charge is -2.38. The second-order valence-corrected chi connectivity index (χ2v) is 19.9. The summed E-state index contributed by atoms with van der Waals surface area (Å²) in [5.74, 6) is 0.953. The largest absolute Gasteiger partial charge is 0.370 e. The fraction of sp³-hybridized carbons (Fsp3) is 0.438. The number of amides is 3. The molecule has 0 saturated carbocycles. The van der Waals surface area contributed by atoms with Gasteiger partial charge in [0.15, 0.2) is 5.82 Å². The summed E-state index contributed by atoms with van der Waals surface area (Å²) in [5, 5.41) is 9.26. The van der Waals surface area contributed by atoms with Crippen molar-refractivity contribution in [1.82, 2.24) is 35.5 Å². The van der Waals surface area contributed by atoms with Gasteiger partial charge in [0.05, 0.1) is 38.8 Å². The van der Waals surface area contributed by atoms with Gasteiger partial charge in [-0.1, -0.05) is 57.8 Å². The number of nitrogens with one attached hydrogen (secondary N) is 4. The molecule has 0 radical (unpaired) electrons. The Morgan fingerprint density at radius 1 is 0.938 bits per heavy atom. The van der Waals surface area contributed by atoms with Gasteiger partial charge >= 0.3 is 0 Å². The number of piperidine rings is 3. The minimum Gasteiger partial charge on any atom is -0.370 e. The van der Waals surface area contributed by atoms with Crippen molar-refractivity contribution in [3.8, 4) is 21.8 Å². The van der Waals surface area contributed by atoms with E-state index < -0.39 is 17.9 Å². The molecule has 3 aliphatic heterocycles. The molecule has 13 nitrogen and oxygen atoms in total. The van der Waals surface area contributed by atoms with Gasteiger partial charge in [-0.2, -0.15) is 0 Å². The van der Waals surface area contributed by atoms with E-state index in [4.69, 9.17) is 9.97 Å². The topological polar surface area (TPSA) is 157 Å². The maximum atomic E-state index is 16.0. The van der Waals surface area contributed by atoms with Gasteiger partial charge in [-0.25, -0.2) is 24.3 Å². The van der Waals surface area contributed by atoms with Crippen LogP contribution in [0.5, 0.6) is 0 Å². The van der Waals surface area contributed by atoms with Gasteiger partial charge in [-0.05, 0) is 111 Å². The summed E-state index contributed by atoms with van der Waals surface area (Å²) in [5.41, 5.74) is 5.42. The Balaban J connectivity index is 0.819. The maximum absolute atomic E-state index is 16.0. The van der Waals surface area contributed by atoms with Crippen LogP contribution in [0.3, 0.4) is 0 Å². The van der Waals surface area contributed by atoms with Crippen molar-refractivity contribution in [2.24, 2.45) is 5.92 Å². The predicted octanol–water partition coefficient (Wildman–Crippen LogP) is 8.94. The molecule has 1 unspecified atom stereocenters. The number of pyridine rings is 1. The number of carbonyl (C=O) groups is 3. The first-order valence-electron chi connectivity index (χ1n) is 22.4. The zero-order valence-corrected chi connectivity index (χ0v) is 38.6. The fourth-order valence-corrected chi connectivity index (χ4v) is 10.2. The number of likely N-dealkylation sites (tertiary alicyclic amines) is 1. The minimum absolute atomic E-state index is 0.205. The highest BCUT2D eigenvalue weighted by Crippen LogP contribution is 2.42. The van der Waals surface area contributed by atoms with Crippen molar-refractivity contribution in [3.63, 3.8) is 0 Å². The van der Waals surface area contributed by atoms with E-state index in [0.29, 0.717) is 40.4 Å². The van der Waals surface area contributed by atoms with Gasteiger partial charge < -0.3 is 25.2 Å². The van der Waals surface area contributed by atoms with Crippen LogP contribution in [0.1, 0.15) is 99.6 Å². The van der Waals surface area contributed by atoms with Crippen LogP contribution in [0.2, 0.25) is 0 Å². The van der Waals surface area contributed by atoms with E-state index in [0.717, 1.165) is 91.8 Å². The Bertz CT molecular complexity index is 2430. The molecule has 0 spiro atoms. The summed E-state index contributed by atoms with van der Waals surface area (Å²) < 4.78 is 19.2. The number of rotatable bonds is 14. The number of aromatic nitrogens is 4. The van der Waals surface area contributed by atoms with E-state index in [9.17, 15) is 14.4 Å². The molecule has 0 bridgehead atoms. The lowest BCUT2D eigenvalue weighted by atomic mass is 9.88. The molecule has 64 heavy (non-hydrogen) atoms. The van der Waals surface area contributed by atoms with Gasteiger partial charge in [0.25, 0.3) is 5.91 Å². The second-order valence-electron chi connectivity index (χ2n) is 18.0. The van der Waals surface area contributed by atoms with E-state index >= 15 is 4.39 Å². The van der Waals surface area contributed by atoms with Crippen LogP contribution in [0.4, 0.5) is 27.4 Å². The normalized spacial score (nSPS) is 17.9. The van der Waals surface area contributed by atoms with Crippen molar-refractivity contribution in [1.29, 1.82) is 0 Å². The molecule has 8 rings (SSSR count). The Kier molecular flexibility index (Phi) is 14.2. The first-order chi connectivity index (χ1) is 30.9. The van der Waals surface area contributed by atoms with E-state index in [1.54, 1.807) is 41.9 Å². The lowest BCUT2D eigenvalue weighted by molar-refractivity contribution is -0.134. The Morgan fingerprint density at radius 3 is 2.42 bits per heavy atom. The number of anilines is 4. The van der Waals surface area contributed by atoms with Crippen molar-refractivity contribution in [2.45, 2.75) is 90.0 Å². The molecule has 1 atom stereocenters. The monoisotopic (exact) mass is 904 g/mol. The zero-order valence-electron chi connectivity index (χ0n) is 37.0. The van der Waals surface area contributed by atoms with Crippen LogP contribution >= 0.6 is 23.3 Å². The van der Waals surface area contributed by atoms with E-state index in [1.165, 1.54) is 17.5 Å². The van der Waals surface area contributed by atoms with Crippen LogP contribution in [0, 0.1) is 11.7 Å². The molecular formula is C48H57FN10O3S2. The molecule has 16 heteroatoms. The number of nitrogens with zero attached hydrogens (tertiary/aromatic N) is 6. The third-order valence-electron chi connectivity index (χ3n) is 12.1. The van der Waals surface area contributed by atoms with Gasteiger partial charge in [0.1, 0.15) is 11.7 Å². The molecule has 336 valence electrons. The number of benzene rings is 2. The average Bonchev–Trinajstić information content (AvgIpc) is 3.76. The molecule has 5 aromatic rings. The number of hydrogen-bond acceptors (Lipinski definition) is 13. The Labute approximate surface area is 383 Å². The fourth-order valence-electron chi connectivity index (χ4n) is 8.49. The smallest absolute Gasteiger partial charge is 0.270 e. The molecule has 3 aliphatic rings. The SMILES string of the molecule is CCCSNc1cccc(-c2nc(C(C)(C)C)sc2-c2ccnc(Nc3ccc(C4CCN(CC5CCN(c6ccc(C(=O)NC7CCC(=O)NC7=O)nc6)CC5)CC4)cc3)n2)c1F. The maximum Gasteiger partial charge on any atom is 0.270 e.